The summed E-state index contributed by atoms with van der Waals surface area (Å²) in [6.07, 6.45) is 43.9. The van der Waals surface area contributed by atoms with Crippen LogP contribution in [0.25, 0.3) is 0 Å². The Balaban J connectivity index is 4.66. The van der Waals surface area contributed by atoms with Crippen molar-refractivity contribution in [2.24, 2.45) is 0 Å². The highest BCUT2D eigenvalue weighted by Gasteiger charge is 2.24. The standard InChI is InChI=1S/C46H87NO5/c1-4-7-10-13-16-19-21-22-23-24-26-28-31-34-37-42(52-46(51)39-36-33-30-25-18-15-12-9-6-3)40-45(50)47-43(41-48)44(49)38-35-32-29-27-20-17-14-11-8-5-2/h23-24,26,28,42-44,48-49H,4-22,25,27,29-41H2,1-3H3,(H,47,50)/b24-23+,28-26+. The van der Waals surface area contributed by atoms with Gasteiger partial charge in [0.1, 0.15) is 6.10 Å². The largest absolute Gasteiger partial charge is 0.462 e. The van der Waals surface area contributed by atoms with E-state index in [0.29, 0.717) is 19.3 Å². The SMILES string of the molecule is CCCCCCCCC/C=C/C=C/CCCC(CC(=O)NC(CO)C(O)CCCCCCCCCCCC)OC(=O)CCCCCCCCCCC. The predicted molar refractivity (Wildman–Crippen MR) is 223 cm³/mol. The van der Waals surface area contributed by atoms with E-state index in [9.17, 15) is 19.8 Å². The maximum Gasteiger partial charge on any atom is 0.306 e. The van der Waals surface area contributed by atoms with Crippen LogP contribution in [-0.4, -0.2) is 46.9 Å². The van der Waals surface area contributed by atoms with E-state index >= 15 is 0 Å². The third-order valence-corrected chi connectivity index (χ3v) is 10.3. The fourth-order valence-corrected chi connectivity index (χ4v) is 6.84. The highest BCUT2D eigenvalue weighted by atomic mass is 16.5. The van der Waals surface area contributed by atoms with E-state index in [-0.39, 0.29) is 24.9 Å². The average Bonchev–Trinajstić information content (AvgIpc) is 3.13. The molecule has 0 spiro atoms. The molecule has 0 aliphatic rings. The molecule has 0 rings (SSSR count). The van der Waals surface area contributed by atoms with Gasteiger partial charge < -0.3 is 20.3 Å². The van der Waals surface area contributed by atoms with Crippen LogP contribution in [0, 0.1) is 0 Å². The molecule has 0 saturated carbocycles. The first-order valence-corrected chi connectivity index (χ1v) is 22.6. The van der Waals surface area contributed by atoms with E-state index in [1.165, 1.54) is 128 Å². The number of unbranched alkanes of at least 4 members (excludes halogenated alkanes) is 25. The first kappa shape index (κ1) is 50.3. The van der Waals surface area contributed by atoms with Crippen LogP contribution in [-0.2, 0) is 14.3 Å². The van der Waals surface area contributed by atoms with Gasteiger partial charge in [-0.15, -0.1) is 0 Å². The van der Waals surface area contributed by atoms with Crippen molar-refractivity contribution in [1.82, 2.24) is 5.32 Å². The van der Waals surface area contributed by atoms with Gasteiger partial charge in [0.25, 0.3) is 0 Å². The minimum atomic E-state index is -0.792. The van der Waals surface area contributed by atoms with Gasteiger partial charge in [-0.3, -0.25) is 9.59 Å². The molecule has 0 aromatic heterocycles. The summed E-state index contributed by atoms with van der Waals surface area (Å²) in [5.74, 6) is -0.518. The lowest BCUT2D eigenvalue weighted by atomic mass is 10.0. The van der Waals surface area contributed by atoms with Crippen molar-refractivity contribution in [3.05, 3.63) is 24.3 Å². The Morgan fingerprint density at radius 3 is 1.46 bits per heavy atom. The maximum atomic E-state index is 13.1. The summed E-state index contributed by atoms with van der Waals surface area (Å²) in [6.45, 7) is 6.42. The number of amides is 1. The number of ether oxygens (including phenoxy) is 1. The predicted octanol–water partition coefficient (Wildman–Crippen LogP) is 12.8. The smallest absolute Gasteiger partial charge is 0.306 e. The second kappa shape index (κ2) is 40.5. The summed E-state index contributed by atoms with van der Waals surface area (Å²) >= 11 is 0. The Morgan fingerprint density at radius 2 is 0.981 bits per heavy atom. The lowest BCUT2D eigenvalue weighted by Gasteiger charge is -2.24. The van der Waals surface area contributed by atoms with Crippen LogP contribution in [0.15, 0.2) is 24.3 Å². The Hall–Kier alpha value is -1.66. The van der Waals surface area contributed by atoms with Crippen molar-refractivity contribution in [2.75, 3.05) is 6.61 Å². The molecule has 3 atom stereocenters. The van der Waals surface area contributed by atoms with Crippen molar-refractivity contribution in [3.8, 4) is 0 Å². The number of esters is 1. The van der Waals surface area contributed by atoms with Crippen LogP contribution in [0.1, 0.15) is 233 Å². The van der Waals surface area contributed by atoms with Gasteiger partial charge in [0.05, 0.1) is 25.2 Å². The van der Waals surface area contributed by atoms with E-state index in [0.717, 1.165) is 57.8 Å². The van der Waals surface area contributed by atoms with Gasteiger partial charge in [0.15, 0.2) is 0 Å². The Bertz CT molecular complexity index is 828. The number of allylic oxidation sites excluding steroid dienone is 4. The normalized spacial score (nSPS) is 13.6. The quantitative estimate of drug-likeness (QED) is 0.0331. The zero-order valence-corrected chi connectivity index (χ0v) is 34.7. The van der Waals surface area contributed by atoms with E-state index in [4.69, 9.17) is 4.74 Å². The Labute approximate surface area is 322 Å². The molecule has 6 heteroatoms. The molecule has 0 bridgehead atoms. The van der Waals surface area contributed by atoms with Crippen LogP contribution in [0.5, 0.6) is 0 Å². The minimum absolute atomic E-state index is 0.0486. The van der Waals surface area contributed by atoms with Gasteiger partial charge in [-0.2, -0.15) is 0 Å². The fraction of sp³-hybridized carbons (Fsp3) is 0.870. The third-order valence-electron chi connectivity index (χ3n) is 10.3. The molecule has 0 radical (unpaired) electrons. The molecule has 3 N–H and O–H groups in total. The van der Waals surface area contributed by atoms with Gasteiger partial charge in [0, 0.05) is 6.42 Å². The molecule has 1 amide bonds. The number of hydrogen-bond acceptors (Lipinski definition) is 5. The third kappa shape index (κ3) is 35.4. The van der Waals surface area contributed by atoms with E-state index in [1.807, 2.05) is 0 Å². The van der Waals surface area contributed by atoms with Crippen molar-refractivity contribution < 1.29 is 24.5 Å². The number of carbonyl (C=O) groups excluding carboxylic acids is 2. The monoisotopic (exact) mass is 734 g/mol. The zero-order chi connectivity index (χ0) is 38.2. The molecule has 306 valence electrons. The van der Waals surface area contributed by atoms with Gasteiger partial charge in [0.2, 0.25) is 5.91 Å². The topological polar surface area (TPSA) is 95.9 Å². The average molecular weight is 734 g/mol. The molecule has 0 heterocycles. The van der Waals surface area contributed by atoms with Gasteiger partial charge in [-0.1, -0.05) is 199 Å². The molecule has 6 nitrogen and oxygen atoms in total. The molecule has 52 heavy (non-hydrogen) atoms. The van der Waals surface area contributed by atoms with Crippen LogP contribution in [0.3, 0.4) is 0 Å². The van der Waals surface area contributed by atoms with Crippen molar-refractivity contribution in [3.63, 3.8) is 0 Å². The van der Waals surface area contributed by atoms with Crippen molar-refractivity contribution >= 4 is 11.9 Å². The van der Waals surface area contributed by atoms with E-state index < -0.39 is 18.2 Å². The highest BCUT2D eigenvalue weighted by molar-refractivity contribution is 5.77. The summed E-state index contributed by atoms with van der Waals surface area (Å²) < 4.78 is 5.86. The summed E-state index contributed by atoms with van der Waals surface area (Å²) in [5.41, 5.74) is 0. The first-order chi connectivity index (χ1) is 25.5. The lowest BCUT2D eigenvalue weighted by molar-refractivity contribution is -0.151. The van der Waals surface area contributed by atoms with Gasteiger partial charge in [-0.05, 0) is 44.9 Å². The molecular weight excluding hydrogens is 647 g/mol. The van der Waals surface area contributed by atoms with E-state index in [1.54, 1.807) is 0 Å². The second-order valence-corrected chi connectivity index (χ2v) is 15.5. The van der Waals surface area contributed by atoms with Gasteiger partial charge >= 0.3 is 5.97 Å². The number of aliphatic hydroxyl groups is 2. The zero-order valence-electron chi connectivity index (χ0n) is 34.7. The molecule has 0 aromatic carbocycles. The van der Waals surface area contributed by atoms with Crippen LogP contribution >= 0.6 is 0 Å². The fourth-order valence-electron chi connectivity index (χ4n) is 6.84. The van der Waals surface area contributed by atoms with Crippen LogP contribution in [0.2, 0.25) is 0 Å². The molecule has 0 aliphatic heterocycles. The summed E-state index contributed by atoms with van der Waals surface area (Å²) in [6, 6.07) is -0.708. The Kier molecular flexibility index (Phi) is 39.2. The molecule has 0 aromatic rings. The second-order valence-electron chi connectivity index (χ2n) is 15.5. The first-order valence-electron chi connectivity index (χ1n) is 22.6. The lowest BCUT2D eigenvalue weighted by Crippen LogP contribution is -2.46. The molecule has 0 fully saturated rings. The minimum Gasteiger partial charge on any atom is -0.462 e. The maximum absolute atomic E-state index is 13.1. The summed E-state index contributed by atoms with van der Waals surface area (Å²) in [7, 11) is 0. The number of aliphatic hydroxyl groups excluding tert-OH is 2. The Morgan fingerprint density at radius 1 is 0.558 bits per heavy atom. The summed E-state index contributed by atoms with van der Waals surface area (Å²) in [4.78, 5) is 25.9. The molecule has 0 aliphatic carbocycles. The van der Waals surface area contributed by atoms with Crippen molar-refractivity contribution in [2.45, 2.75) is 251 Å². The molecular formula is C46H87NO5. The number of carbonyl (C=O) groups is 2. The molecule has 0 saturated heterocycles. The van der Waals surface area contributed by atoms with Gasteiger partial charge in [-0.25, -0.2) is 0 Å². The number of rotatable bonds is 40. The summed E-state index contributed by atoms with van der Waals surface area (Å²) in [5, 5.41) is 23.6. The number of nitrogens with one attached hydrogen (secondary N) is 1. The van der Waals surface area contributed by atoms with Crippen molar-refractivity contribution in [1.29, 1.82) is 0 Å². The highest BCUT2D eigenvalue weighted by Crippen LogP contribution is 2.16. The van der Waals surface area contributed by atoms with Crippen LogP contribution in [0.4, 0.5) is 0 Å². The number of hydrogen-bond donors (Lipinski definition) is 3. The van der Waals surface area contributed by atoms with E-state index in [2.05, 4.69) is 50.4 Å². The van der Waals surface area contributed by atoms with Crippen LogP contribution < -0.4 is 5.32 Å². The molecule has 3 unspecified atom stereocenters.